The molecule has 112 valence electrons. The average molecular weight is 304 g/mol. The largest absolute Gasteiger partial charge is 0.399 e. The van der Waals surface area contributed by atoms with Crippen LogP contribution in [0.2, 0.25) is 0 Å². The molecule has 0 amide bonds. The molecule has 0 aliphatic rings. The first-order valence-electron chi connectivity index (χ1n) is 6.70. The van der Waals surface area contributed by atoms with Gasteiger partial charge in [-0.05, 0) is 42.2 Å². The second-order valence-electron chi connectivity index (χ2n) is 4.75. The smallest absolute Gasteiger partial charge is 0.0942 e. The van der Waals surface area contributed by atoms with E-state index in [0.717, 1.165) is 16.8 Å². The fraction of sp³-hybridized carbons (Fsp3) is 0.250. The van der Waals surface area contributed by atoms with Gasteiger partial charge in [-0.25, -0.2) is 0 Å². The number of hydrogen-bond donors (Lipinski definition) is 4. The van der Waals surface area contributed by atoms with Gasteiger partial charge in [0.1, 0.15) is 0 Å². The minimum Gasteiger partial charge on any atom is -0.399 e. The van der Waals surface area contributed by atoms with Crippen LogP contribution in [0.3, 0.4) is 0 Å². The summed E-state index contributed by atoms with van der Waals surface area (Å²) < 4.78 is 0. The van der Waals surface area contributed by atoms with Crippen molar-refractivity contribution in [1.82, 2.24) is 0 Å². The minimum absolute atomic E-state index is 0.264. The molecule has 1 unspecified atom stereocenters. The lowest BCUT2D eigenvalue weighted by molar-refractivity contribution is 0.105. The maximum absolute atomic E-state index is 9.46. The molecule has 0 radical (unpaired) electrons. The number of anilines is 2. The minimum atomic E-state index is -0.783. The molecule has 2 rings (SSSR count). The normalized spacial score (nSPS) is 12.1. The van der Waals surface area contributed by atoms with Crippen LogP contribution in [0.5, 0.6) is 0 Å². The van der Waals surface area contributed by atoms with Crippen molar-refractivity contribution >= 4 is 23.1 Å². The van der Waals surface area contributed by atoms with E-state index in [-0.39, 0.29) is 13.2 Å². The van der Waals surface area contributed by atoms with Crippen LogP contribution in [-0.2, 0) is 0 Å². The highest BCUT2D eigenvalue weighted by atomic mass is 32.2. The van der Waals surface area contributed by atoms with E-state index in [1.54, 1.807) is 11.8 Å². The van der Waals surface area contributed by atoms with Gasteiger partial charge in [-0.1, -0.05) is 12.1 Å². The Hall–Kier alpha value is -1.69. The van der Waals surface area contributed by atoms with Crippen LogP contribution in [0, 0.1) is 0 Å². The predicted octanol–water partition coefficient (Wildman–Crippen LogP) is 2.42. The third kappa shape index (κ3) is 4.14. The Balaban J connectivity index is 2.29. The molecule has 0 heterocycles. The second-order valence-corrected chi connectivity index (χ2v) is 5.63. The van der Waals surface area contributed by atoms with Gasteiger partial charge in [0.2, 0.25) is 0 Å². The number of nitrogen functional groups attached to an aromatic ring is 1. The van der Waals surface area contributed by atoms with Crippen LogP contribution in [-0.4, -0.2) is 35.7 Å². The van der Waals surface area contributed by atoms with E-state index in [2.05, 4.69) is 17.4 Å². The van der Waals surface area contributed by atoms with Gasteiger partial charge in [0, 0.05) is 28.4 Å². The van der Waals surface area contributed by atoms with E-state index in [4.69, 9.17) is 10.8 Å². The molecule has 21 heavy (non-hydrogen) atoms. The lowest BCUT2D eigenvalue weighted by Crippen LogP contribution is -2.23. The Morgan fingerprint density at radius 3 is 2.52 bits per heavy atom. The topological polar surface area (TPSA) is 78.5 Å². The second kappa shape index (κ2) is 7.36. The summed E-state index contributed by atoms with van der Waals surface area (Å²) in [5.41, 5.74) is 9.49. The zero-order valence-electron chi connectivity index (χ0n) is 11.9. The first-order chi connectivity index (χ1) is 10.1. The maximum Gasteiger partial charge on any atom is 0.0942 e. The lowest BCUT2D eigenvalue weighted by atomic mass is 10.0. The summed E-state index contributed by atoms with van der Waals surface area (Å²) >= 11 is 1.70. The molecule has 1 atom stereocenters. The number of nitrogens with two attached hydrogens (primary N) is 1. The molecule has 0 fully saturated rings. The van der Waals surface area contributed by atoms with Gasteiger partial charge < -0.3 is 21.3 Å². The monoisotopic (exact) mass is 304 g/mol. The maximum atomic E-state index is 9.46. The van der Waals surface area contributed by atoms with E-state index in [0.29, 0.717) is 5.69 Å². The molecule has 0 saturated heterocycles. The van der Waals surface area contributed by atoms with E-state index < -0.39 is 6.10 Å². The van der Waals surface area contributed by atoms with Gasteiger partial charge in [-0.2, -0.15) is 0 Å². The molecule has 2 aromatic rings. The summed E-state index contributed by atoms with van der Waals surface area (Å²) in [5.74, 6) is 0. The number of thioether (sulfide) groups is 1. The van der Waals surface area contributed by atoms with Crippen molar-refractivity contribution in [2.24, 2.45) is 0 Å². The van der Waals surface area contributed by atoms with Crippen molar-refractivity contribution in [3.05, 3.63) is 42.5 Å². The van der Waals surface area contributed by atoms with E-state index >= 15 is 0 Å². The van der Waals surface area contributed by atoms with Gasteiger partial charge in [-0.15, -0.1) is 11.8 Å². The summed E-state index contributed by atoms with van der Waals surface area (Å²) in [6.07, 6.45) is 1.26. The van der Waals surface area contributed by atoms with Gasteiger partial charge in [0.15, 0.2) is 0 Å². The van der Waals surface area contributed by atoms with Crippen LogP contribution in [0.1, 0.15) is 0 Å². The Bertz CT molecular complexity index is 587. The number of hydrogen-bond acceptors (Lipinski definition) is 5. The molecule has 2 aromatic carbocycles. The standard InChI is InChI=1S/C16H20N2O2S/c1-21-14-5-2-11(3-6-14)15-8-12(17)4-7-16(15)18-9-13(20)10-19/h2-8,13,18-20H,9-10,17H2,1H3. The third-order valence-corrected chi connectivity index (χ3v) is 3.93. The zero-order chi connectivity index (χ0) is 15.2. The van der Waals surface area contributed by atoms with Gasteiger partial charge in [-0.3, -0.25) is 0 Å². The molecule has 5 N–H and O–H groups in total. The number of aliphatic hydroxyl groups is 2. The van der Waals surface area contributed by atoms with Gasteiger partial charge in [0.25, 0.3) is 0 Å². The first-order valence-corrected chi connectivity index (χ1v) is 7.93. The molecular weight excluding hydrogens is 284 g/mol. The molecule has 5 heteroatoms. The number of nitrogens with one attached hydrogen (secondary N) is 1. The SMILES string of the molecule is CSc1ccc(-c2cc(N)ccc2NCC(O)CO)cc1. The fourth-order valence-electron chi connectivity index (χ4n) is 2.02. The van der Waals surface area contributed by atoms with E-state index in [1.807, 2.05) is 36.6 Å². The quantitative estimate of drug-likeness (QED) is 0.487. The Morgan fingerprint density at radius 2 is 1.90 bits per heavy atom. The van der Waals surface area contributed by atoms with Crippen LogP contribution in [0.25, 0.3) is 11.1 Å². The molecular formula is C16H20N2O2S. The van der Waals surface area contributed by atoms with Crippen molar-refractivity contribution in [1.29, 1.82) is 0 Å². The number of benzene rings is 2. The third-order valence-electron chi connectivity index (χ3n) is 3.18. The van der Waals surface area contributed by atoms with Crippen LogP contribution in [0.4, 0.5) is 11.4 Å². The first kappa shape index (κ1) is 15.7. The molecule has 0 aliphatic carbocycles. The predicted molar refractivity (Wildman–Crippen MR) is 89.7 cm³/mol. The van der Waals surface area contributed by atoms with Crippen molar-refractivity contribution in [3.63, 3.8) is 0 Å². The van der Waals surface area contributed by atoms with E-state index in [1.165, 1.54) is 4.90 Å². The van der Waals surface area contributed by atoms with Crippen molar-refractivity contribution in [2.75, 3.05) is 30.5 Å². The summed E-state index contributed by atoms with van der Waals surface area (Å²) in [6, 6.07) is 13.8. The van der Waals surface area contributed by atoms with Crippen molar-refractivity contribution in [3.8, 4) is 11.1 Å². The zero-order valence-corrected chi connectivity index (χ0v) is 12.7. The Morgan fingerprint density at radius 1 is 1.19 bits per heavy atom. The molecule has 0 bridgehead atoms. The Kier molecular flexibility index (Phi) is 5.50. The molecule has 0 aliphatic heterocycles. The average Bonchev–Trinajstić information content (AvgIpc) is 2.53. The van der Waals surface area contributed by atoms with E-state index in [9.17, 15) is 5.11 Å². The number of aliphatic hydroxyl groups excluding tert-OH is 2. The summed E-state index contributed by atoms with van der Waals surface area (Å²) in [5, 5.41) is 21.5. The highest BCUT2D eigenvalue weighted by Gasteiger charge is 2.08. The van der Waals surface area contributed by atoms with Gasteiger partial charge >= 0.3 is 0 Å². The highest BCUT2D eigenvalue weighted by Crippen LogP contribution is 2.31. The summed E-state index contributed by atoms with van der Waals surface area (Å²) in [6.45, 7) is 0.0238. The van der Waals surface area contributed by atoms with Gasteiger partial charge in [0.05, 0.1) is 12.7 Å². The molecule has 4 nitrogen and oxygen atoms in total. The van der Waals surface area contributed by atoms with Crippen molar-refractivity contribution < 1.29 is 10.2 Å². The molecule has 0 saturated carbocycles. The summed E-state index contributed by atoms with van der Waals surface area (Å²) in [7, 11) is 0. The van der Waals surface area contributed by atoms with Crippen LogP contribution < -0.4 is 11.1 Å². The van der Waals surface area contributed by atoms with Crippen LogP contribution >= 0.6 is 11.8 Å². The van der Waals surface area contributed by atoms with Crippen LogP contribution in [0.15, 0.2) is 47.4 Å². The Labute approximate surface area is 129 Å². The molecule has 0 aromatic heterocycles. The fourth-order valence-corrected chi connectivity index (χ4v) is 2.43. The highest BCUT2D eigenvalue weighted by molar-refractivity contribution is 7.98. The summed E-state index contributed by atoms with van der Waals surface area (Å²) in [4.78, 5) is 1.20. The van der Waals surface area contributed by atoms with Crippen molar-refractivity contribution in [2.45, 2.75) is 11.0 Å². The molecule has 0 spiro atoms. The lowest BCUT2D eigenvalue weighted by Gasteiger charge is -2.15. The number of rotatable bonds is 6.